The first kappa shape index (κ1) is 15.1. The highest BCUT2D eigenvalue weighted by atomic mass is 16.5. The fourth-order valence-corrected chi connectivity index (χ4v) is 1.87. The molecule has 0 heterocycles. The van der Waals surface area contributed by atoms with Crippen molar-refractivity contribution >= 4 is 18.0 Å². The molecule has 0 aromatic heterocycles. The Balaban J connectivity index is 1.94. The molecule has 1 saturated carbocycles. The van der Waals surface area contributed by atoms with E-state index < -0.39 is 5.97 Å². The first-order valence-corrected chi connectivity index (χ1v) is 6.96. The molecule has 1 aliphatic rings. The van der Waals surface area contributed by atoms with E-state index in [1.54, 1.807) is 6.07 Å². The maximum Gasteiger partial charge on any atom is 0.328 e. The summed E-state index contributed by atoms with van der Waals surface area (Å²) < 4.78 is 5.48. The molecule has 1 aromatic rings. The maximum absolute atomic E-state index is 11.6. The summed E-state index contributed by atoms with van der Waals surface area (Å²) in [7, 11) is 0. The van der Waals surface area contributed by atoms with Crippen molar-refractivity contribution < 1.29 is 19.4 Å². The Hall–Kier alpha value is -2.30. The number of rotatable bonds is 7. The van der Waals surface area contributed by atoms with Crippen LogP contribution in [0.15, 0.2) is 24.3 Å². The molecule has 5 nitrogen and oxygen atoms in total. The van der Waals surface area contributed by atoms with Gasteiger partial charge in [0.25, 0.3) is 5.91 Å². The first-order valence-electron chi connectivity index (χ1n) is 6.96. The number of carbonyl (C=O) groups is 2. The topological polar surface area (TPSA) is 75.6 Å². The molecule has 0 spiro atoms. The van der Waals surface area contributed by atoms with E-state index in [1.807, 2.05) is 19.1 Å². The molecule has 1 aromatic carbocycles. The second-order valence-electron chi connectivity index (χ2n) is 5.25. The highest BCUT2D eigenvalue weighted by Crippen LogP contribution is 2.27. The minimum atomic E-state index is -1.02. The highest BCUT2D eigenvalue weighted by Gasteiger charge is 2.21. The van der Waals surface area contributed by atoms with Crippen molar-refractivity contribution in [3.8, 4) is 5.75 Å². The largest absolute Gasteiger partial charge is 0.483 e. The van der Waals surface area contributed by atoms with Gasteiger partial charge < -0.3 is 15.2 Å². The molecule has 1 fully saturated rings. The lowest BCUT2D eigenvalue weighted by atomic mass is 10.1. The van der Waals surface area contributed by atoms with Gasteiger partial charge in [0.05, 0.1) is 0 Å². The zero-order valence-corrected chi connectivity index (χ0v) is 12.0. The molecule has 1 amide bonds. The van der Waals surface area contributed by atoms with Crippen LogP contribution in [-0.2, 0) is 9.59 Å². The van der Waals surface area contributed by atoms with Crippen LogP contribution in [0.25, 0.3) is 6.08 Å². The Labute approximate surface area is 123 Å². The monoisotopic (exact) mass is 289 g/mol. The van der Waals surface area contributed by atoms with Crippen molar-refractivity contribution in [2.75, 3.05) is 13.2 Å². The molecule has 21 heavy (non-hydrogen) atoms. The van der Waals surface area contributed by atoms with E-state index in [-0.39, 0.29) is 12.5 Å². The SMILES string of the molecule is Cc1ccc(OCC(=O)NCC2CC2)c(C=CC(=O)O)c1. The summed E-state index contributed by atoms with van der Waals surface area (Å²) in [6, 6.07) is 5.41. The van der Waals surface area contributed by atoms with Crippen LogP contribution in [0.3, 0.4) is 0 Å². The summed E-state index contributed by atoms with van der Waals surface area (Å²) in [5.74, 6) is -0.0534. The van der Waals surface area contributed by atoms with E-state index in [9.17, 15) is 9.59 Å². The van der Waals surface area contributed by atoms with Crippen molar-refractivity contribution in [1.29, 1.82) is 0 Å². The molecule has 0 unspecified atom stereocenters. The fraction of sp³-hybridized carbons (Fsp3) is 0.375. The Morgan fingerprint density at radius 1 is 1.43 bits per heavy atom. The van der Waals surface area contributed by atoms with Gasteiger partial charge in [0.2, 0.25) is 0 Å². The van der Waals surface area contributed by atoms with E-state index >= 15 is 0 Å². The minimum Gasteiger partial charge on any atom is -0.483 e. The molecular formula is C16H19NO4. The van der Waals surface area contributed by atoms with Crippen LogP contribution in [0.4, 0.5) is 0 Å². The molecule has 2 N–H and O–H groups in total. The van der Waals surface area contributed by atoms with Crippen molar-refractivity contribution in [3.05, 3.63) is 35.4 Å². The predicted octanol–water partition coefficient (Wildman–Crippen LogP) is 2.00. The van der Waals surface area contributed by atoms with E-state index in [4.69, 9.17) is 9.84 Å². The molecule has 112 valence electrons. The number of ether oxygens (including phenoxy) is 1. The van der Waals surface area contributed by atoms with Gasteiger partial charge in [-0.15, -0.1) is 0 Å². The minimum absolute atomic E-state index is 0.0658. The Morgan fingerprint density at radius 3 is 2.86 bits per heavy atom. The van der Waals surface area contributed by atoms with Crippen molar-refractivity contribution in [3.63, 3.8) is 0 Å². The van der Waals surface area contributed by atoms with Gasteiger partial charge in [-0.2, -0.15) is 0 Å². The summed E-state index contributed by atoms with van der Waals surface area (Å²) >= 11 is 0. The number of carbonyl (C=O) groups excluding carboxylic acids is 1. The van der Waals surface area contributed by atoms with Gasteiger partial charge in [-0.05, 0) is 43.9 Å². The van der Waals surface area contributed by atoms with Gasteiger partial charge in [-0.3, -0.25) is 4.79 Å². The van der Waals surface area contributed by atoms with Crippen LogP contribution in [0.2, 0.25) is 0 Å². The molecular weight excluding hydrogens is 270 g/mol. The number of hydrogen-bond acceptors (Lipinski definition) is 3. The normalized spacial score (nSPS) is 14.1. The second kappa shape index (κ2) is 6.92. The summed E-state index contributed by atoms with van der Waals surface area (Å²) in [5.41, 5.74) is 1.64. The predicted molar refractivity (Wildman–Crippen MR) is 79.1 cm³/mol. The summed E-state index contributed by atoms with van der Waals surface area (Å²) in [4.78, 5) is 22.2. The maximum atomic E-state index is 11.6. The number of nitrogens with one attached hydrogen (secondary N) is 1. The van der Waals surface area contributed by atoms with Crippen LogP contribution >= 0.6 is 0 Å². The lowest BCUT2D eigenvalue weighted by Gasteiger charge is -2.10. The van der Waals surface area contributed by atoms with Gasteiger partial charge in [0.1, 0.15) is 5.75 Å². The number of carboxylic acids is 1. The first-order chi connectivity index (χ1) is 10.0. The third-order valence-corrected chi connectivity index (χ3v) is 3.21. The number of amides is 1. The third-order valence-electron chi connectivity index (χ3n) is 3.21. The molecule has 1 aliphatic carbocycles. The number of hydrogen-bond donors (Lipinski definition) is 2. The lowest BCUT2D eigenvalue weighted by Crippen LogP contribution is -2.30. The van der Waals surface area contributed by atoms with Crippen molar-refractivity contribution in [1.82, 2.24) is 5.32 Å². The molecule has 5 heteroatoms. The fourth-order valence-electron chi connectivity index (χ4n) is 1.87. The van der Waals surface area contributed by atoms with Gasteiger partial charge >= 0.3 is 5.97 Å². The molecule has 0 bridgehead atoms. The second-order valence-corrected chi connectivity index (χ2v) is 5.25. The smallest absolute Gasteiger partial charge is 0.328 e. The van der Waals surface area contributed by atoms with E-state index in [0.717, 1.165) is 11.6 Å². The van der Waals surface area contributed by atoms with Crippen LogP contribution in [0.1, 0.15) is 24.0 Å². The van der Waals surface area contributed by atoms with E-state index in [0.29, 0.717) is 23.8 Å². The molecule has 0 aliphatic heterocycles. The average Bonchev–Trinajstić information content (AvgIpc) is 3.26. The van der Waals surface area contributed by atoms with Crippen molar-refractivity contribution in [2.45, 2.75) is 19.8 Å². The van der Waals surface area contributed by atoms with E-state index in [1.165, 1.54) is 18.9 Å². The van der Waals surface area contributed by atoms with Crippen LogP contribution < -0.4 is 10.1 Å². The van der Waals surface area contributed by atoms with E-state index in [2.05, 4.69) is 5.32 Å². The molecule has 0 atom stereocenters. The zero-order valence-electron chi connectivity index (χ0n) is 12.0. The van der Waals surface area contributed by atoms with Crippen molar-refractivity contribution in [2.24, 2.45) is 5.92 Å². The standard InChI is InChI=1S/C16H19NO4/c1-11-2-6-14(13(8-11)5-7-16(19)20)21-10-15(18)17-9-12-3-4-12/h2,5-8,12H,3-4,9-10H2,1H3,(H,17,18)(H,19,20). The number of benzene rings is 1. The summed E-state index contributed by atoms with van der Waals surface area (Å²) in [5, 5.41) is 11.5. The molecule has 2 rings (SSSR count). The Morgan fingerprint density at radius 2 is 2.19 bits per heavy atom. The third kappa shape index (κ3) is 5.30. The Kier molecular flexibility index (Phi) is 4.98. The number of aliphatic carboxylic acids is 1. The average molecular weight is 289 g/mol. The molecule has 0 radical (unpaired) electrons. The van der Waals surface area contributed by atoms with Crippen LogP contribution in [0.5, 0.6) is 5.75 Å². The van der Waals surface area contributed by atoms with Gasteiger partial charge in [-0.1, -0.05) is 11.6 Å². The number of carboxylic acid groups (broad SMARTS) is 1. The quantitative estimate of drug-likeness (QED) is 0.753. The Bertz CT molecular complexity index is 561. The molecule has 0 saturated heterocycles. The van der Waals surface area contributed by atoms with Gasteiger partial charge in [0, 0.05) is 18.2 Å². The summed E-state index contributed by atoms with van der Waals surface area (Å²) in [6.07, 6.45) is 4.88. The number of aryl methyl sites for hydroxylation is 1. The van der Waals surface area contributed by atoms with Gasteiger partial charge in [0.15, 0.2) is 6.61 Å². The lowest BCUT2D eigenvalue weighted by molar-refractivity contribution is -0.131. The highest BCUT2D eigenvalue weighted by molar-refractivity contribution is 5.86. The van der Waals surface area contributed by atoms with Crippen LogP contribution in [-0.4, -0.2) is 30.1 Å². The zero-order chi connectivity index (χ0) is 15.2. The van der Waals surface area contributed by atoms with Crippen LogP contribution in [0, 0.1) is 12.8 Å². The van der Waals surface area contributed by atoms with Gasteiger partial charge in [-0.25, -0.2) is 4.79 Å². The summed E-state index contributed by atoms with van der Waals surface area (Å²) in [6.45, 7) is 2.55.